The van der Waals surface area contributed by atoms with Gasteiger partial charge in [0.2, 0.25) is 5.91 Å². The third-order valence-corrected chi connectivity index (χ3v) is 5.40. The summed E-state index contributed by atoms with van der Waals surface area (Å²) in [7, 11) is 1.68. The molecule has 0 saturated carbocycles. The zero-order chi connectivity index (χ0) is 20.1. The van der Waals surface area contributed by atoms with Crippen LogP contribution in [0.25, 0.3) is 11.3 Å². The molecule has 5 heteroatoms. The van der Waals surface area contributed by atoms with Gasteiger partial charge in [0.25, 0.3) is 0 Å². The Hall–Kier alpha value is -3.21. The van der Waals surface area contributed by atoms with Crippen molar-refractivity contribution in [1.29, 1.82) is 0 Å². The molecule has 3 aromatic rings. The highest BCUT2D eigenvalue weighted by Gasteiger charge is 2.26. The van der Waals surface area contributed by atoms with Crippen LogP contribution in [-0.2, 0) is 11.2 Å². The zero-order valence-corrected chi connectivity index (χ0v) is 16.6. The minimum absolute atomic E-state index is 0.134. The van der Waals surface area contributed by atoms with E-state index < -0.39 is 0 Å². The van der Waals surface area contributed by atoms with E-state index in [1.807, 2.05) is 59.5 Å². The second kappa shape index (κ2) is 8.86. The van der Waals surface area contributed by atoms with Crippen molar-refractivity contribution in [3.8, 4) is 17.0 Å². The van der Waals surface area contributed by atoms with E-state index in [-0.39, 0.29) is 11.8 Å². The van der Waals surface area contributed by atoms with Gasteiger partial charge in [-0.1, -0.05) is 24.3 Å². The fraction of sp³-hybridized carbons (Fsp3) is 0.292. The van der Waals surface area contributed by atoms with Crippen molar-refractivity contribution < 1.29 is 9.53 Å². The first-order valence-corrected chi connectivity index (χ1v) is 10.0. The molecule has 29 heavy (non-hydrogen) atoms. The van der Waals surface area contributed by atoms with E-state index in [1.165, 1.54) is 0 Å². The van der Waals surface area contributed by atoms with E-state index in [0.29, 0.717) is 13.0 Å². The molecule has 0 N–H and O–H groups in total. The van der Waals surface area contributed by atoms with Gasteiger partial charge in [-0.3, -0.25) is 14.8 Å². The van der Waals surface area contributed by atoms with Crippen molar-refractivity contribution >= 4 is 5.91 Å². The Labute approximate surface area is 171 Å². The number of hydrogen-bond acceptors (Lipinski definition) is 4. The highest BCUT2D eigenvalue weighted by Crippen LogP contribution is 2.31. The number of likely N-dealkylation sites (tertiary alicyclic amines) is 1. The van der Waals surface area contributed by atoms with Crippen LogP contribution in [0.4, 0.5) is 0 Å². The predicted molar refractivity (Wildman–Crippen MR) is 113 cm³/mol. The standard InChI is InChI=1S/C24H25N3O2/c1-29-23-13-3-2-10-20(23)22-12-6-11-21(26-22)18-8-7-15-27(17-18)24(28)16-19-9-4-5-14-25-19/h2-6,9-14,18H,7-8,15-17H2,1H3. The first-order valence-electron chi connectivity index (χ1n) is 10.0. The molecule has 1 saturated heterocycles. The number of nitrogens with zero attached hydrogens (tertiary/aromatic N) is 3. The van der Waals surface area contributed by atoms with E-state index in [2.05, 4.69) is 11.1 Å². The number of methoxy groups -OCH3 is 1. The molecule has 1 aromatic carbocycles. The quantitative estimate of drug-likeness (QED) is 0.661. The number of rotatable bonds is 5. The monoisotopic (exact) mass is 387 g/mol. The minimum Gasteiger partial charge on any atom is -0.496 e. The molecular weight excluding hydrogens is 362 g/mol. The Balaban J connectivity index is 1.50. The van der Waals surface area contributed by atoms with Crippen molar-refractivity contribution in [2.75, 3.05) is 20.2 Å². The van der Waals surface area contributed by atoms with Crippen LogP contribution in [-0.4, -0.2) is 41.0 Å². The molecule has 1 aliphatic heterocycles. The molecule has 3 heterocycles. The molecular formula is C24H25N3O2. The smallest absolute Gasteiger partial charge is 0.228 e. The molecule has 5 nitrogen and oxygen atoms in total. The van der Waals surface area contributed by atoms with Crippen LogP contribution >= 0.6 is 0 Å². The summed E-state index contributed by atoms with van der Waals surface area (Å²) in [5, 5.41) is 0. The summed E-state index contributed by atoms with van der Waals surface area (Å²) in [4.78, 5) is 23.9. The molecule has 4 rings (SSSR count). The molecule has 0 aliphatic carbocycles. The van der Waals surface area contributed by atoms with E-state index in [1.54, 1.807) is 13.3 Å². The Morgan fingerprint density at radius 3 is 2.79 bits per heavy atom. The van der Waals surface area contributed by atoms with Gasteiger partial charge in [0.15, 0.2) is 0 Å². The molecule has 1 fully saturated rings. The van der Waals surface area contributed by atoms with Gasteiger partial charge in [-0.15, -0.1) is 0 Å². The highest BCUT2D eigenvalue weighted by molar-refractivity contribution is 5.78. The van der Waals surface area contributed by atoms with Crippen molar-refractivity contribution in [3.63, 3.8) is 0 Å². The molecule has 1 amide bonds. The number of benzene rings is 1. The number of aromatic nitrogens is 2. The van der Waals surface area contributed by atoms with Gasteiger partial charge in [-0.25, -0.2) is 0 Å². The number of para-hydroxylation sites is 1. The summed E-state index contributed by atoms with van der Waals surface area (Å²) in [5.41, 5.74) is 3.73. The van der Waals surface area contributed by atoms with Gasteiger partial charge < -0.3 is 9.64 Å². The SMILES string of the molecule is COc1ccccc1-c1cccc(C2CCCN(C(=O)Cc3ccccn3)C2)n1. The maximum atomic E-state index is 12.8. The van der Waals surface area contributed by atoms with E-state index in [0.717, 1.165) is 47.8 Å². The Kier molecular flexibility index (Phi) is 5.84. The maximum absolute atomic E-state index is 12.8. The molecule has 1 atom stereocenters. The van der Waals surface area contributed by atoms with Crippen molar-refractivity contribution in [2.24, 2.45) is 0 Å². The number of pyridine rings is 2. The van der Waals surface area contributed by atoms with Crippen molar-refractivity contribution in [3.05, 3.63) is 78.2 Å². The summed E-state index contributed by atoms with van der Waals surface area (Å²) in [5.74, 6) is 1.19. The zero-order valence-electron chi connectivity index (χ0n) is 16.6. The van der Waals surface area contributed by atoms with E-state index >= 15 is 0 Å². The normalized spacial score (nSPS) is 16.4. The molecule has 1 aliphatic rings. The van der Waals surface area contributed by atoms with Crippen molar-refractivity contribution in [1.82, 2.24) is 14.9 Å². The third kappa shape index (κ3) is 4.45. The molecule has 148 valence electrons. The lowest BCUT2D eigenvalue weighted by molar-refractivity contribution is -0.131. The van der Waals surface area contributed by atoms with Gasteiger partial charge >= 0.3 is 0 Å². The second-order valence-corrected chi connectivity index (χ2v) is 7.32. The van der Waals surface area contributed by atoms with Crippen LogP contribution in [0.2, 0.25) is 0 Å². The van der Waals surface area contributed by atoms with E-state index in [4.69, 9.17) is 9.72 Å². The van der Waals surface area contributed by atoms with Crippen LogP contribution in [0.1, 0.15) is 30.1 Å². The van der Waals surface area contributed by atoms with Crippen LogP contribution < -0.4 is 4.74 Å². The van der Waals surface area contributed by atoms with Crippen LogP contribution in [0.5, 0.6) is 5.75 Å². The van der Waals surface area contributed by atoms with Gasteiger partial charge in [0.05, 0.1) is 19.2 Å². The third-order valence-electron chi connectivity index (χ3n) is 5.40. The molecule has 0 spiro atoms. The lowest BCUT2D eigenvalue weighted by atomic mass is 9.93. The summed E-state index contributed by atoms with van der Waals surface area (Å²) < 4.78 is 5.49. The number of carbonyl (C=O) groups excluding carboxylic acids is 1. The average molecular weight is 387 g/mol. The van der Waals surface area contributed by atoms with Gasteiger partial charge in [0, 0.05) is 42.2 Å². The first kappa shape index (κ1) is 19.1. The number of piperidine rings is 1. The van der Waals surface area contributed by atoms with Crippen LogP contribution in [0, 0.1) is 0 Å². The van der Waals surface area contributed by atoms with Crippen LogP contribution in [0.3, 0.4) is 0 Å². The largest absolute Gasteiger partial charge is 0.496 e. The summed E-state index contributed by atoms with van der Waals surface area (Å²) in [6, 6.07) is 19.7. The molecule has 1 unspecified atom stereocenters. The fourth-order valence-corrected chi connectivity index (χ4v) is 3.90. The molecule has 2 aromatic heterocycles. The Morgan fingerprint density at radius 1 is 1.10 bits per heavy atom. The van der Waals surface area contributed by atoms with E-state index in [9.17, 15) is 4.79 Å². The Morgan fingerprint density at radius 2 is 1.97 bits per heavy atom. The van der Waals surface area contributed by atoms with Gasteiger partial charge in [-0.2, -0.15) is 0 Å². The summed E-state index contributed by atoms with van der Waals surface area (Å²) in [6.45, 7) is 1.50. The second-order valence-electron chi connectivity index (χ2n) is 7.32. The first-order chi connectivity index (χ1) is 14.2. The predicted octanol–water partition coefficient (Wildman–Crippen LogP) is 4.10. The molecule has 0 radical (unpaired) electrons. The number of carbonyl (C=O) groups is 1. The fourth-order valence-electron chi connectivity index (χ4n) is 3.90. The number of amides is 1. The topological polar surface area (TPSA) is 55.3 Å². The van der Waals surface area contributed by atoms with Crippen LogP contribution in [0.15, 0.2) is 66.9 Å². The maximum Gasteiger partial charge on any atom is 0.228 e. The highest BCUT2D eigenvalue weighted by atomic mass is 16.5. The summed E-state index contributed by atoms with van der Waals surface area (Å²) >= 11 is 0. The van der Waals surface area contributed by atoms with Crippen molar-refractivity contribution in [2.45, 2.75) is 25.2 Å². The Bertz CT molecular complexity index is 975. The molecule has 0 bridgehead atoms. The van der Waals surface area contributed by atoms with Gasteiger partial charge in [0.1, 0.15) is 5.75 Å². The average Bonchev–Trinajstić information content (AvgIpc) is 2.80. The summed E-state index contributed by atoms with van der Waals surface area (Å²) in [6.07, 6.45) is 4.10. The number of hydrogen-bond donors (Lipinski definition) is 0. The minimum atomic E-state index is 0.134. The lowest BCUT2D eigenvalue weighted by Gasteiger charge is -2.32. The van der Waals surface area contributed by atoms with Gasteiger partial charge in [-0.05, 0) is 49.2 Å². The lowest BCUT2D eigenvalue weighted by Crippen LogP contribution is -2.40. The number of ether oxygens (including phenoxy) is 1.